The highest BCUT2D eigenvalue weighted by molar-refractivity contribution is 5.92. The van der Waals surface area contributed by atoms with E-state index < -0.39 is 42.1 Å². The summed E-state index contributed by atoms with van der Waals surface area (Å²) in [4.78, 5) is 41.4. The zero-order chi connectivity index (χ0) is 28.3. The van der Waals surface area contributed by atoms with E-state index >= 15 is 0 Å². The molecule has 2 aromatic carbocycles. The molecule has 0 aliphatic carbocycles. The van der Waals surface area contributed by atoms with Gasteiger partial charge in [-0.15, -0.1) is 6.42 Å². The van der Waals surface area contributed by atoms with Gasteiger partial charge in [-0.2, -0.15) is 5.26 Å². The zero-order valence-corrected chi connectivity index (χ0v) is 22.7. The van der Waals surface area contributed by atoms with Crippen molar-refractivity contribution in [1.82, 2.24) is 15.5 Å². The fourth-order valence-corrected chi connectivity index (χ4v) is 3.91. The summed E-state index contributed by atoms with van der Waals surface area (Å²) in [5.41, 5.74) is 0.925. The molecule has 2 atom stereocenters. The molecular weight excluding hydrogens is 480 g/mol. The minimum absolute atomic E-state index is 0.0196. The minimum atomic E-state index is -1.20. The molecule has 2 N–H and O–H groups in total. The summed E-state index contributed by atoms with van der Waals surface area (Å²) in [6, 6.07) is 15.9. The van der Waals surface area contributed by atoms with Gasteiger partial charge in [-0.3, -0.25) is 9.59 Å². The van der Waals surface area contributed by atoms with Gasteiger partial charge in [-0.1, -0.05) is 68.3 Å². The fraction of sp³-hybridized carbons (Fsp3) is 0.400. The van der Waals surface area contributed by atoms with Gasteiger partial charge in [-0.05, 0) is 50.3 Å². The summed E-state index contributed by atoms with van der Waals surface area (Å²) >= 11 is 0. The number of benzene rings is 2. The summed E-state index contributed by atoms with van der Waals surface area (Å²) in [6.45, 7) is 8.79. The lowest BCUT2D eigenvalue weighted by molar-refractivity contribution is -0.142. The standard InChI is InChI=1S/C30H36N4O4/c1-7-23-15-11-12-16-24(23)26(27(35)32-20-22-13-9-8-10-14-22)34(18-17-31)28(36)25(19-21(2)3)33-29(37)38-30(4,5)6/h1,8-16,21,25-26H,18-20H2,2-6H3,(H,32,35)(H,33,37). The van der Waals surface area contributed by atoms with E-state index in [0.29, 0.717) is 11.1 Å². The van der Waals surface area contributed by atoms with Crippen LogP contribution in [0, 0.1) is 29.6 Å². The predicted molar refractivity (Wildman–Crippen MR) is 145 cm³/mol. The molecule has 0 fully saturated rings. The summed E-state index contributed by atoms with van der Waals surface area (Å²) in [7, 11) is 0. The van der Waals surface area contributed by atoms with E-state index in [0.717, 1.165) is 5.56 Å². The van der Waals surface area contributed by atoms with Gasteiger partial charge in [0.25, 0.3) is 0 Å². The second-order valence-corrected chi connectivity index (χ2v) is 10.3. The molecule has 3 amide bonds. The summed E-state index contributed by atoms with van der Waals surface area (Å²) in [5, 5.41) is 15.2. The van der Waals surface area contributed by atoms with Crippen LogP contribution in [-0.2, 0) is 20.9 Å². The third-order valence-electron chi connectivity index (χ3n) is 5.50. The van der Waals surface area contributed by atoms with Gasteiger partial charge in [0.2, 0.25) is 11.8 Å². The number of nitriles is 1. The molecule has 0 radical (unpaired) electrons. The molecule has 2 aromatic rings. The molecule has 2 unspecified atom stereocenters. The first-order chi connectivity index (χ1) is 18.0. The van der Waals surface area contributed by atoms with E-state index in [2.05, 4.69) is 16.6 Å². The Bertz CT molecular complexity index is 1190. The van der Waals surface area contributed by atoms with Crippen molar-refractivity contribution in [3.63, 3.8) is 0 Å². The third kappa shape index (κ3) is 8.97. The van der Waals surface area contributed by atoms with Crippen molar-refractivity contribution in [2.75, 3.05) is 6.54 Å². The smallest absolute Gasteiger partial charge is 0.408 e. The number of rotatable bonds is 10. The van der Waals surface area contributed by atoms with E-state index in [-0.39, 0.29) is 18.9 Å². The van der Waals surface area contributed by atoms with Crippen LogP contribution in [0.4, 0.5) is 4.79 Å². The Labute approximate surface area is 225 Å². The number of carbonyl (C=O) groups excluding carboxylic acids is 3. The van der Waals surface area contributed by atoms with Crippen LogP contribution in [0.15, 0.2) is 54.6 Å². The molecule has 0 aliphatic heterocycles. The quantitative estimate of drug-likeness (QED) is 0.361. The average Bonchev–Trinajstić information content (AvgIpc) is 2.86. The third-order valence-corrected chi connectivity index (χ3v) is 5.50. The normalized spacial score (nSPS) is 12.4. The first-order valence-corrected chi connectivity index (χ1v) is 12.5. The van der Waals surface area contributed by atoms with Gasteiger partial charge in [0, 0.05) is 12.1 Å². The Kier molecular flexibility index (Phi) is 10.9. The van der Waals surface area contributed by atoms with Crippen molar-refractivity contribution in [3.8, 4) is 18.4 Å². The molecule has 0 saturated carbocycles. The second kappa shape index (κ2) is 13.9. The van der Waals surface area contributed by atoms with E-state index in [9.17, 15) is 19.6 Å². The maximum absolute atomic E-state index is 13.9. The lowest BCUT2D eigenvalue weighted by Gasteiger charge is -2.33. The Balaban J connectivity index is 2.50. The number of carbonyl (C=O) groups is 3. The Morgan fingerprint density at radius 3 is 2.26 bits per heavy atom. The van der Waals surface area contributed by atoms with Crippen LogP contribution >= 0.6 is 0 Å². The first-order valence-electron chi connectivity index (χ1n) is 12.5. The largest absolute Gasteiger partial charge is 0.444 e. The summed E-state index contributed by atoms with van der Waals surface area (Å²) in [6.07, 6.45) is 5.24. The van der Waals surface area contributed by atoms with E-state index in [1.807, 2.05) is 50.2 Å². The topological polar surface area (TPSA) is 112 Å². The number of nitrogens with one attached hydrogen (secondary N) is 2. The van der Waals surface area contributed by atoms with Gasteiger partial charge in [0.1, 0.15) is 24.2 Å². The van der Waals surface area contributed by atoms with E-state index in [4.69, 9.17) is 11.2 Å². The highest BCUT2D eigenvalue weighted by atomic mass is 16.6. The van der Waals surface area contributed by atoms with E-state index in [1.54, 1.807) is 45.0 Å². The number of hydrogen-bond donors (Lipinski definition) is 2. The SMILES string of the molecule is C#Cc1ccccc1C(C(=O)NCc1ccccc1)N(CC#N)C(=O)C(CC(C)C)NC(=O)OC(C)(C)C. The second-order valence-electron chi connectivity index (χ2n) is 10.3. The number of hydrogen-bond acceptors (Lipinski definition) is 5. The van der Waals surface area contributed by atoms with Gasteiger partial charge in [0.15, 0.2) is 0 Å². The molecule has 8 nitrogen and oxygen atoms in total. The Morgan fingerprint density at radius 1 is 1.05 bits per heavy atom. The van der Waals surface area contributed by atoms with E-state index in [1.165, 1.54) is 4.90 Å². The van der Waals surface area contributed by atoms with Crippen LogP contribution < -0.4 is 10.6 Å². The number of terminal acetylenes is 1. The van der Waals surface area contributed by atoms with Crippen molar-refractivity contribution in [1.29, 1.82) is 5.26 Å². The van der Waals surface area contributed by atoms with Gasteiger partial charge in [0.05, 0.1) is 6.07 Å². The Morgan fingerprint density at radius 2 is 1.68 bits per heavy atom. The van der Waals surface area contributed by atoms with Crippen LogP contribution in [0.3, 0.4) is 0 Å². The van der Waals surface area contributed by atoms with Gasteiger partial charge in [-0.25, -0.2) is 4.79 Å². The van der Waals surface area contributed by atoms with Crippen LogP contribution in [0.25, 0.3) is 0 Å². The van der Waals surface area contributed by atoms with Crippen LogP contribution in [0.2, 0.25) is 0 Å². The molecular formula is C30H36N4O4. The molecule has 8 heteroatoms. The number of nitrogens with zero attached hydrogens (tertiary/aromatic N) is 2. The Hall–Kier alpha value is -4.30. The number of amides is 3. The monoisotopic (exact) mass is 516 g/mol. The van der Waals surface area contributed by atoms with Gasteiger partial charge >= 0.3 is 6.09 Å². The minimum Gasteiger partial charge on any atom is -0.444 e. The van der Waals surface area contributed by atoms with Crippen LogP contribution in [0.1, 0.15) is 63.8 Å². The molecule has 2 rings (SSSR count). The first kappa shape index (κ1) is 29.9. The number of alkyl carbamates (subject to hydrolysis) is 1. The highest BCUT2D eigenvalue weighted by Crippen LogP contribution is 2.26. The molecule has 0 bridgehead atoms. The molecule has 200 valence electrons. The molecule has 0 aliphatic rings. The van der Waals surface area contributed by atoms with Crippen molar-refractivity contribution in [3.05, 3.63) is 71.3 Å². The summed E-state index contributed by atoms with van der Waals surface area (Å²) < 4.78 is 5.36. The number of ether oxygens (including phenoxy) is 1. The molecule has 0 saturated heterocycles. The zero-order valence-electron chi connectivity index (χ0n) is 22.7. The summed E-state index contributed by atoms with van der Waals surface area (Å²) in [5.74, 6) is 1.50. The predicted octanol–water partition coefficient (Wildman–Crippen LogP) is 4.32. The van der Waals surface area contributed by atoms with Crippen LogP contribution in [0.5, 0.6) is 0 Å². The molecule has 0 spiro atoms. The lowest BCUT2D eigenvalue weighted by Crippen LogP contribution is -2.53. The average molecular weight is 517 g/mol. The fourth-order valence-electron chi connectivity index (χ4n) is 3.91. The van der Waals surface area contributed by atoms with Crippen molar-refractivity contribution >= 4 is 17.9 Å². The highest BCUT2D eigenvalue weighted by Gasteiger charge is 2.37. The van der Waals surface area contributed by atoms with Crippen molar-refractivity contribution in [2.24, 2.45) is 5.92 Å². The van der Waals surface area contributed by atoms with Crippen molar-refractivity contribution < 1.29 is 19.1 Å². The van der Waals surface area contributed by atoms with Crippen molar-refractivity contribution in [2.45, 2.75) is 65.3 Å². The molecule has 0 heterocycles. The molecule has 38 heavy (non-hydrogen) atoms. The lowest BCUT2D eigenvalue weighted by atomic mass is 9.96. The molecule has 0 aromatic heterocycles. The van der Waals surface area contributed by atoms with Gasteiger partial charge < -0.3 is 20.3 Å². The maximum Gasteiger partial charge on any atom is 0.408 e. The maximum atomic E-state index is 13.9. The van der Waals surface area contributed by atoms with Crippen LogP contribution in [-0.4, -0.2) is 41.0 Å².